The van der Waals surface area contributed by atoms with Crippen LogP contribution in [0.25, 0.3) is 0 Å². The lowest BCUT2D eigenvalue weighted by atomic mass is 9.95. The molecule has 1 aromatic heterocycles. The Hall–Kier alpha value is -1.92. The Morgan fingerprint density at radius 3 is 3.09 bits per heavy atom. The summed E-state index contributed by atoms with van der Waals surface area (Å²) in [5, 5.41) is 7.71. The van der Waals surface area contributed by atoms with Gasteiger partial charge in [-0.1, -0.05) is 23.5 Å². The number of aryl methyl sites for hydroxylation is 1. The molecule has 2 saturated heterocycles. The second kappa shape index (κ2) is 5.94. The fourth-order valence-electron chi connectivity index (χ4n) is 3.42. The quantitative estimate of drug-likeness (QED) is 0.905. The summed E-state index contributed by atoms with van der Waals surface area (Å²) < 4.78 is 5.77. The van der Waals surface area contributed by atoms with E-state index in [2.05, 4.69) is 15.6 Å². The Morgan fingerprint density at radius 1 is 1.43 bits per heavy atom. The number of carbonyl (C=O) groups is 1. The van der Waals surface area contributed by atoms with E-state index in [0.717, 1.165) is 24.2 Å². The normalized spacial score (nSPS) is 25.5. The van der Waals surface area contributed by atoms with Crippen molar-refractivity contribution in [3.8, 4) is 10.8 Å². The smallest absolute Gasteiger partial charge is 0.280 e. The van der Waals surface area contributed by atoms with Gasteiger partial charge < -0.3 is 15.4 Å². The van der Waals surface area contributed by atoms with Crippen LogP contribution in [0.3, 0.4) is 0 Å². The second-order valence-electron chi connectivity index (χ2n) is 6.27. The van der Waals surface area contributed by atoms with Crippen LogP contribution in [-0.2, 0) is 0 Å². The highest BCUT2D eigenvalue weighted by Crippen LogP contribution is 2.30. The van der Waals surface area contributed by atoms with Crippen LogP contribution in [0.5, 0.6) is 10.8 Å². The van der Waals surface area contributed by atoms with Gasteiger partial charge in [0.05, 0.1) is 6.20 Å². The first kappa shape index (κ1) is 14.7. The van der Waals surface area contributed by atoms with Crippen LogP contribution in [0.2, 0.25) is 0 Å². The number of nitrogens with zero attached hydrogens (tertiary/aromatic N) is 1. The third-order valence-corrected chi connectivity index (χ3v) is 5.38. The summed E-state index contributed by atoms with van der Waals surface area (Å²) >= 11 is 1.28. The Morgan fingerprint density at radius 2 is 2.35 bits per heavy atom. The van der Waals surface area contributed by atoms with E-state index in [1.54, 1.807) is 6.20 Å². The molecule has 6 heteroatoms. The van der Waals surface area contributed by atoms with E-state index in [0.29, 0.717) is 22.2 Å². The Bertz CT molecular complexity index is 730. The first-order valence-corrected chi connectivity index (χ1v) is 8.76. The lowest BCUT2D eigenvalue weighted by Gasteiger charge is -2.20. The molecule has 3 unspecified atom stereocenters. The van der Waals surface area contributed by atoms with E-state index < -0.39 is 0 Å². The third kappa shape index (κ3) is 3.09. The molecule has 1 aromatic carbocycles. The molecule has 1 amide bonds. The number of thiazole rings is 1. The summed E-state index contributed by atoms with van der Waals surface area (Å²) in [6, 6.07) is 9.04. The molecule has 2 aliphatic rings. The second-order valence-corrected chi connectivity index (χ2v) is 7.26. The first-order chi connectivity index (χ1) is 11.2. The van der Waals surface area contributed by atoms with Gasteiger partial charge in [0.15, 0.2) is 5.01 Å². The van der Waals surface area contributed by atoms with Crippen molar-refractivity contribution in [2.24, 2.45) is 0 Å². The summed E-state index contributed by atoms with van der Waals surface area (Å²) in [5.41, 5.74) is 1.13. The monoisotopic (exact) mass is 329 g/mol. The van der Waals surface area contributed by atoms with Crippen molar-refractivity contribution in [1.29, 1.82) is 0 Å². The van der Waals surface area contributed by atoms with Gasteiger partial charge in [-0.3, -0.25) is 4.79 Å². The van der Waals surface area contributed by atoms with Crippen LogP contribution in [0.1, 0.15) is 34.6 Å². The first-order valence-electron chi connectivity index (χ1n) is 7.94. The molecule has 0 saturated carbocycles. The van der Waals surface area contributed by atoms with Gasteiger partial charge in [-0.25, -0.2) is 4.98 Å². The zero-order valence-electron chi connectivity index (χ0n) is 12.9. The minimum atomic E-state index is -0.103. The highest BCUT2D eigenvalue weighted by Gasteiger charge is 2.39. The molecular weight excluding hydrogens is 310 g/mol. The van der Waals surface area contributed by atoms with Crippen LogP contribution in [0.4, 0.5) is 0 Å². The van der Waals surface area contributed by atoms with E-state index in [1.165, 1.54) is 17.8 Å². The number of rotatable bonds is 4. The van der Waals surface area contributed by atoms with Gasteiger partial charge in [-0.15, -0.1) is 0 Å². The van der Waals surface area contributed by atoms with Crippen molar-refractivity contribution in [3.05, 3.63) is 41.0 Å². The summed E-state index contributed by atoms with van der Waals surface area (Å²) in [5.74, 6) is 0.659. The van der Waals surface area contributed by atoms with Crippen LogP contribution < -0.4 is 15.4 Å². The largest absolute Gasteiger partial charge is 0.445 e. The molecule has 2 bridgehead atoms. The van der Waals surface area contributed by atoms with E-state index in [-0.39, 0.29) is 11.9 Å². The lowest BCUT2D eigenvalue weighted by molar-refractivity contribution is 0.0930. The maximum atomic E-state index is 12.4. The van der Waals surface area contributed by atoms with Crippen molar-refractivity contribution < 1.29 is 9.53 Å². The lowest BCUT2D eigenvalue weighted by Crippen LogP contribution is -2.42. The van der Waals surface area contributed by atoms with Crippen LogP contribution in [-0.4, -0.2) is 29.0 Å². The molecule has 3 heterocycles. The highest BCUT2D eigenvalue weighted by atomic mass is 32.1. The average molecular weight is 329 g/mol. The Balaban J connectivity index is 1.40. The Kier molecular flexibility index (Phi) is 3.79. The van der Waals surface area contributed by atoms with E-state index in [9.17, 15) is 4.79 Å². The zero-order chi connectivity index (χ0) is 15.8. The zero-order valence-corrected chi connectivity index (χ0v) is 13.7. The molecule has 2 aromatic rings. The molecular formula is C17H19N3O2S. The summed E-state index contributed by atoms with van der Waals surface area (Å²) in [4.78, 5) is 16.6. The average Bonchev–Trinajstić information content (AvgIpc) is 3.23. The predicted octanol–water partition coefficient (Wildman–Crippen LogP) is 2.87. The van der Waals surface area contributed by atoms with E-state index in [1.807, 2.05) is 31.2 Å². The fraction of sp³-hybridized carbons (Fsp3) is 0.412. The van der Waals surface area contributed by atoms with Gasteiger partial charge in [0.1, 0.15) is 5.75 Å². The molecule has 2 fully saturated rings. The van der Waals surface area contributed by atoms with Crippen molar-refractivity contribution in [2.75, 3.05) is 0 Å². The summed E-state index contributed by atoms with van der Waals surface area (Å²) in [6.45, 7) is 2.02. The summed E-state index contributed by atoms with van der Waals surface area (Å²) in [6.07, 6.45) is 5.01. The fourth-order valence-corrected chi connectivity index (χ4v) is 4.11. The summed E-state index contributed by atoms with van der Waals surface area (Å²) in [7, 11) is 0. The molecule has 23 heavy (non-hydrogen) atoms. The number of fused-ring (bicyclic) bond motifs is 2. The van der Waals surface area contributed by atoms with Gasteiger partial charge >= 0.3 is 0 Å². The molecule has 4 rings (SSSR count). The number of amides is 1. The van der Waals surface area contributed by atoms with Crippen molar-refractivity contribution in [3.63, 3.8) is 0 Å². The number of aromatic nitrogens is 1. The SMILES string of the molecule is Cc1cccc(Oc2cnc(C(=O)NC3CC4CCC3N4)s2)c1. The number of hydrogen-bond acceptors (Lipinski definition) is 5. The van der Waals surface area contributed by atoms with Crippen molar-refractivity contribution in [1.82, 2.24) is 15.6 Å². The van der Waals surface area contributed by atoms with Gasteiger partial charge in [0, 0.05) is 18.1 Å². The molecule has 120 valence electrons. The standard InChI is InChI=1S/C17H19N3O2S/c1-10-3-2-4-12(7-10)22-15-9-18-17(23-15)16(21)20-14-8-11-5-6-13(14)19-11/h2-4,7,9,11,13-14,19H,5-6,8H2,1H3,(H,20,21). The molecule has 0 aliphatic carbocycles. The third-order valence-electron chi connectivity index (χ3n) is 4.50. The predicted molar refractivity (Wildman–Crippen MR) is 89.2 cm³/mol. The maximum absolute atomic E-state index is 12.4. The minimum absolute atomic E-state index is 0.103. The number of hydrogen-bond donors (Lipinski definition) is 2. The van der Waals surface area contributed by atoms with Crippen LogP contribution in [0.15, 0.2) is 30.5 Å². The van der Waals surface area contributed by atoms with E-state index in [4.69, 9.17) is 4.74 Å². The molecule has 5 nitrogen and oxygen atoms in total. The number of nitrogens with one attached hydrogen (secondary N) is 2. The van der Waals surface area contributed by atoms with Crippen LogP contribution in [0, 0.1) is 6.92 Å². The Labute approximate surface area is 139 Å². The molecule has 2 aliphatic heterocycles. The van der Waals surface area contributed by atoms with Gasteiger partial charge in [-0.2, -0.15) is 0 Å². The number of benzene rings is 1. The maximum Gasteiger partial charge on any atom is 0.280 e. The highest BCUT2D eigenvalue weighted by molar-refractivity contribution is 7.15. The van der Waals surface area contributed by atoms with Crippen molar-refractivity contribution >= 4 is 17.2 Å². The molecule has 2 N–H and O–H groups in total. The van der Waals surface area contributed by atoms with Gasteiger partial charge in [0.2, 0.25) is 5.06 Å². The van der Waals surface area contributed by atoms with Gasteiger partial charge in [-0.05, 0) is 43.9 Å². The topological polar surface area (TPSA) is 63.2 Å². The molecule has 3 atom stereocenters. The molecule has 0 radical (unpaired) electrons. The number of ether oxygens (including phenoxy) is 1. The van der Waals surface area contributed by atoms with E-state index >= 15 is 0 Å². The minimum Gasteiger partial charge on any atom is -0.445 e. The van der Waals surface area contributed by atoms with Gasteiger partial charge in [0.25, 0.3) is 5.91 Å². The number of carbonyl (C=O) groups excluding carboxylic acids is 1. The van der Waals surface area contributed by atoms with Crippen LogP contribution >= 0.6 is 11.3 Å². The van der Waals surface area contributed by atoms with Crippen molar-refractivity contribution in [2.45, 2.75) is 44.3 Å². The molecule has 0 spiro atoms.